The van der Waals surface area contributed by atoms with Crippen LogP contribution in [0.15, 0.2) is 18.2 Å². The number of rotatable bonds is 1. The number of anilines is 1. The van der Waals surface area contributed by atoms with Crippen LogP contribution in [0.5, 0.6) is 0 Å². The van der Waals surface area contributed by atoms with Crippen LogP contribution in [-0.2, 0) is 4.79 Å². The molecule has 1 unspecified atom stereocenters. The minimum Gasteiger partial charge on any atom is -0.307 e. The lowest BCUT2D eigenvalue weighted by Crippen LogP contribution is -2.47. The van der Waals surface area contributed by atoms with E-state index in [1.807, 2.05) is 20.8 Å². The van der Waals surface area contributed by atoms with Crippen molar-refractivity contribution in [3.05, 3.63) is 28.2 Å². The molecule has 1 saturated heterocycles. The first kappa shape index (κ1) is 15.1. The molecule has 1 atom stereocenters. The molecule has 0 aliphatic carbocycles. The lowest BCUT2D eigenvalue weighted by molar-refractivity contribution is -0.120. The fraction of sp³-hybridized carbons (Fsp3) is 0.429. The number of urea groups is 1. The third kappa shape index (κ3) is 2.50. The summed E-state index contributed by atoms with van der Waals surface area (Å²) in [4.78, 5) is 27.6. The van der Waals surface area contributed by atoms with Crippen LogP contribution in [0.4, 0.5) is 10.5 Å². The summed E-state index contributed by atoms with van der Waals surface area (Å²) in [6, 6.07) is 3.81. The molecular weight excluding hydrogens is 299 g/mol. The number of hydrogen-bond acceptors (Lipinski definition) is 2. The zero-order valence-corrected chi connectivity index (χ0v) is 13.3. The van der Waals surface area contributed by atoms with Gasteiger partial charge in [-0.25, -0.2) is 9.69 Å². The van der Waals surface area contributed by atoms with E-state index in [0.717, 1.165) is 4.90 Å². The van der Waals surface area contributed by atoms with Gasteiger partial charge in [-0.15, -0.1) is 0 Å². The molecule has 0 radical (unpaired) electrons. The van der Waals surface area contributed by atoms with Crippen LogP contribution in [0.3, 0.4) is 0 Å². The summed E-state index contributed by atoms with van der Waals surface area (Å²) in [7, 11) is 0. The molecule has 1 aromatic rings. The van der Waals surface area contributed by atoms with Gasteiger partial charge in [-0.2, -0.15) is 0 Å². The molecule has 4 nitrogen and oxygen atoms in total. The van der Waals surface area contributed by atoms with E-state index in [0.29, 0.717) is 15.7 Å². The van der Waals surface area contributed by atoms with Crippen molar-refractivity contribution in [3.8, 4) is 0 Å². The van der Waals surface area contributed by atoms with E-state index >= 15 is 0 Å². The van der Waals surface area contributed by atoms with E-state index in [9.17, 15) is 9.59 Å². The number of hydrogen-bond donors (Lipinski definition) is 0. The summed E-state index contributed by atoms with van der Waals surface area (Å²) in [5.41, 5.74) is -0.0420. The molecular formula is C14H16Cl2N2O2. The number of carbonyl (C=O) groups is 2. The summed E-state index contributed by atoms with van der Waals surface area (Å²) in [5, 5.41) is 0.768. The molecule has 0 saturated carbocycles. The molecule has 0 spiro atoms. The van der Waals surface area contributed by atoms with Gasteiger partial charge in [0.1, 0.15) is 6.04 Å². The Morgan fingerprint density at radius 3 is 1.95 bits per heavy atom. The number of halogens is 2. The van der Waals surface area contributed by atoms with Crippen LogP contribution >= 0.6 is 23.2 Å². The molecule has 1 aliphatic rings. The van der Waals surface area contributed by atoms with Crippen LogP contribution in [0, 0.1) is 0 Å². The number of benzene rings is 1. The highest BCUT2D eigenvalue weighted by molar-refractivity contribution is 6.35. The van der Waals surface area contributed by atoms with Crippen molar-refractivity contribution in [3.63, 3.8) is 0 Å². The molecule has 108 valence electrons. The van der Waals surface area contributed by atoms with Crippen LogP contribution < -0.4 is 4.90 Å². The first-order chi connectivity index (χ1) is 9.12. The van der Waals surface area contributed by atoms with Gasteiger partial charge in [0.25, 0.3) is 5.91 Å². The highest BCUT2D eigenvalue weighted by Gasteiger charge is 2.47. The zero-order chi connectivity index (χ0) is 15.2. The van der Waals surface area contributed by atoms with Crippen LogP contribution in [-0.4, -0.2) is 28.4 Å². The van der Waals surface area contributed by atoms with Crippen molar-refractivity contribution in [1.29, 1.82) is 0 Å². The Labute approximate surface area is 128 Å². The van der Waals surface area contributed by atoms with Gasteiger partial charge in [-0.05, 0) is 45.9 Å². The summed E-state index contributed by atoms with van der Waals surface area (Å²) in [5.74, 6) is -0.275. The SMILES string of the molecule is CC1C(=O)N(c2cc(Cl)cc(Cl)c2)C(=O)N1C(C)(C)C. The molecule has 3 amide bonds. The second kappa shape index (κ2) is 4.93. The molecule has 1 aromatic carbocycles. The maximum atomic E-state index is 12.5. The van der Waals surface area contributed by atoms with Crippen molar-refractivity contribution >= 4 is 40.8 Å². The standard InChI is InChI=1S/C14H16Cl2N2O2/c1-8-12(19)17(13(20)18(8)14(2,3)4)11-6-9(15)5-10(16)7-11/h5-8H,1-4H3. The van der Waals surface area contributed by atoms with E-state index in [1.165, 1.54) is 0 Å². The minimum atomic E-state index is -0.514. The van der Waals surface area contributed by atoms with Crippen LogP contribution in [0.2, 0.25) is 10.0 Å². The molecule has 0 bridgehead atoms. The van der Waals surface area contributed by atoms with Gasteiger partial charge in [0.05, 0.1) is 5.69 Å². The number of amides is 3. The van der Waals surface area contributed by atoms with Gasteiger partial charge in [0.15, 0.2) is 0 Å². The monoisotopic (exact) mass is 314 g/mol. The van der Waals surface area contributed by atoms with Gasteiger partial charge in [-0.3, -0.25) is 4.79 Å². The fourth-order valence-corrected chi connectivity index (χ4v) is 2.95. The number of imide groups is 1. The quantitative estimate of drug-likeness (QED) is 0.736. The van der Waals surface area contributed by atoms with Gasteiger partial charge >= 0.3 is 6.03 Å². The summed E-state index contributed by atoms with van der Waals surface area (Å²) in [6.45, 7) is 7.40. The Kier molecular flexibility index (Phi) is 3.73. The molecule has 2 rings (SSSR count). The molecule has 1 aliphatic heterocycles. The molecule has 1 heterocycles. The van der Waals surface area contributed by atoms with Crippen molar-refractivity contribution in [2.75, 3.05) is 4.90 Å². The second-order valence-corrected chi connectivity index (χ2v) is 6.67. The topological polar surface area (TPSA) is 40.6 Å². The molecule has 6 heteroatoms. The Hall–Kier alpha value is -1.26. The van der Waals surface area contributed by atoms with Gasteiger partial charge in [0, 0.05) is 15.6 Å². The van der Waals surface area contributed by atoms with Gasteiger partial charge in [-0.1, -0.05) is 23.2 Å². The average molecular weight is 315 g/mol. The lowest BCUT2D eigenvalue weighted by atomic mass is 10.1. The third-order valence-electron chi connectivity index (χ3n) is 3.19. The Balaban J connectivity index is 2.48. The Bertz CT molecular complexity index is 561. The molecule has 0 aromatic heterocycles. The van der Waals surface area contributed by atoms with E-state index in [-0.39, 0.29) is 11.9 Å². The smallest absolute Gasteiger partial charge is 0.307 e. The summed E-state index contributed by atoms with van der Waals surface area (Å²) < 4.78 is 0. The van der Waals surface area contributed by atoms with Gasteiger partial charge < -0.3 is 4.90 Å². The third-order valence-corrected chi connectivity index (χ3v) is 3.63. The molecule has 1 fully saturated rings. The lowest BCUT2D eigenvalue weighted by Gasteiger charge is -2.33. The van der Waals surface area contributed by atoms with Gasteiger partial charge in [0.2, 0.25) is 0 Å². The number of carbonyl (C=O) groups excluding carboxylic acids is 2. The maximum Gasteiger partial charge on any atom is 0.332 e. The summed E-state index contributed by atoms with van der Waals surface area (Å²) in [6.07, 6.45) is 0. The van der Waals surface area contributed by atoms with E-state index < -0.39 is 11.6 Å². The first-order valence-corrected chi connectivity index (χ1v) is 7.02. The summed E-state index contributed by atoms with van der Waals surface area (Å²) >= 11 is 11.9. The molecule has 20 heavy (non-hydrogen) atoms. The fourth-order valence-electron chi connectivity index (χ4n) is 2.44. The largest absolute Gasteiger partial charge is 0.332 e. The number of nitrogens with zero attached hydrogens (tertiary/aromatic N) is 2. The average Bonchev–Trinajstić information content (AvgIpc) is 2.47. The molecule has 0 N–H and O–H groups in total. The van der Waals surface area contributed by atoms with Crippen molar-refractivity contribution in [2.45, 2.75) is 39.3 Å². The Morgan fingerprint density at radius 2 is 1.55 bits per heavy atom. The highest BCUT2D eigenvalue weighted by atomic mass is 35.5. The van der Waals surface area contributed by atoms with E-state index in [1.54, 1.807) is 30.0 Å². The second-order valence-electron chi connectivity index (χ2n) is 5.80. The van der Waals surface area contributed by atoms with E-state index in [2.05, 4.69) is 0 Å². The minimum absolute atomic E-state index is 0.275. The zero-order valence-electron chi connectivity index (χ0n) is 11.8. The normalized spacial score (nSPS) is 20.0. The van der Waals surface area contributed by atoms with Crippen molar-refractivity contribution < 1.29 is 9.59 Å². The highest BCUT2D eigenvalue weighted by Crippen LogP contribution is 2.33. The van der Waals surface area contributed by atoms with Crippen molar-refractivity contribution in [1.82, 2.24) is 4.90 Å². The first-order valence-electron chi connectivity index (χ1n) is 6.26. The van der Waals surface area contributed by atoms with Crippen molar-refractivity contribution in [2.24, 2.45) is 0 Å². The predicted octanol–water partition coefficient (Wildman–Crippen LogP) is 3.95. The van der Waals surface area contributed by atoms with Crippen LogP contribution in [0.25, 0.3) is 0 Å². The maximum absolute atomic E-state index is 12.5. The predicted molar refractivity (Wildman–Crippen MR) is 80.4 cm³/mol. The Morgan fingerprint density at radius 1 is 1.05 bits per heavy atom. The van der Waals surface area contributed by atoms with E-state index in [4.69, 9.17) is 23.2 Å². The van der Waals surface area contributed by atoms with Crippen LogP contribution in [0.1, 0.15) is 27.7 Å².